The standard InChI is InChI=1S/C12H14FNO/c1-4-7-14(3)12(15)10-8-9(2)5-6-11(10)13/h4-6,8H,1,7H2,2-3H3. The summed E-state index contributed by atoms with van der Waals surface area (Å²) in [4.78, 5) is 13.2. The number of likely N-dealkylation sites (N-methyl/N-ethyl adjacent to an activating group) is 1. The Hall–Kier alpha value is -1.64. The van der Waals surface area contributed by atoms with Crippen LogP contribution in [0.1, 0.15) is 15.9 Å². The average Bonchev–Trinajstić information content (AvgIpc) is 2.21. The SMILES string of the molecule is C=CCN(C)C(=O)c1cc(C)ccc1F. The molecule has 0 saturated heterocycles. The minimum absolute atomic E-state index is 0.111. The number of amides is 1. The van der Waals surface area contributed by atoms with Crippen LogP contribution in [0.5, 0.6) is 0 Å². The minimum Gasteiger partial charge on any atom is -0.338 e. The lowest BCUT2D eigenvalue weighted by Gasteiger charge is -2.15. The van der Waals surface area contributed by atoms with Crippen molar-refractivity contribution < 1.29 is 9.18 Å². The van der Waals surface area contributed by atoms with E-state index in [0.29, 0.717) is 6.54 Å². The van der Waals surface area contributed by atoms with Crippen LogP contribution in [-0.4, -0.2) is 24.4 Å². The number of aryl methyl sites for hydroxylation is 1. The zero-order valence-corrected chi connectivity index (χ0v) is 8.96. The van der Waals surface area contributed by atoms with Crippen LogP contribution in [0.25, 0.3) is 0 Å². The maximum Gasteiger partial charge on any atom is 0.256 e. The molecular weight excluding hydrogens is 193 g/mol. The Balaban J connectivity index is 2.99. The van der Waals surface area contributed by atoms with Gasteiger partial charge in [-0.2, -0.15) is 0 Å². The maximum atomic E-state index is 13.3. The Morgan fingerprint density at radius 2 is 2.27 bits per heavy atom. The molecule has 0 heterocycles. The molecule has 80 valence electrons. The van der Waals surface area contributed by atoms with Crippen LogP contribution in [0.3, 0.4) is 0 Å². The number of carbonyl (C=O) groups excluding carboxylic acids is 1. The second kappa shape index (κ2) is 4.73. The summed E-state index contributed by atoms with van der Waals surface area (Å²) in [6.07, 6.45) is 1.60. The van der Waals surface area contributed by atoms with E-state index in [9.17, 15) is 9.18 Å². The summed E-state index contributed by atoms with van der Waals surface area (Å²) in [6.45, 7) is 5.76. The van der Waals surface area contributed by atoms with Gasteiger partial charge in [0.1, 0.15) is 5.82 Å². The van der Waals surface area contributed by atoms with Crippen molar-refractivity contribution in [1.82, 2.24) is 4.90 Å². The Morgan fingerprint density at radius 1 is 1.60 bits per heavy atom. The van der Waals surface area contributed by atoms with Crippen LogP contribution >= 0.6 is 0 Å². The molecule has 0 unspecified atom stereocenters. The van der Waals surface area contributed by atoms with E-state index in [1.165, 1.54) is 11.0 Å². The van der Waals surface area contributed by atoms with Crippen molar-refractivity contribution in [2.45, 2.75) is 6.92 Å². The van der Waals surface area contributed by atoms with Gasteiger partial charge in [0, 0.05) is 13.6 Å². The lowest BCUT2D eigenvalue weighted by Crippen LogP contribution is -2.27. The maximum absolute atomic E-state index is 13.3. The molecule has 0 aliphatic heterocycles. The summed E-state index contributed by atoms with van der Waals surface area (Å²) < 4.78 is 13.3. The molecule has 0 aliphatic carbocycles. The van der Waals surface area contributed by atoms with Gasteiger partial charge in [-0.05, 0) is 19.1 Å². The smallest absolute Gasteiger partial charge is 0.256 e. The van der Waals surface area contributed by atoms with Crippen LogP contribution in [0, 0.1) is 12.7 Å². The highest BCUT2D eigenvalue weighted by molar-refractivity contribution is 5.94. The molecule has 0 fully saturated rings. The lowest BCUT2D eigenvalue weighted by molar-refractivity contribution is 0.0805. The predicted octanol–water partition coefficient (Wildman–Crippen LogP) is 2.39. The van der Waals surface area contributed by atoms with Crippen molar-refractivity contribution in [2.75, 3.05) is 13.6 Å². The number of hydrogen-bond acceptors (Lipinski definition) is 1. The van der Waals surface area contributed by atoms with E-state index in [-0.39, 0.29) is 11.5 Å². The zero-order chi connectivity index (χ0) is 11.4. The molecule has 0 atom stereocenters. The first-order valence-corrected chi connectivity index (χ1v) is 4.68. The summed E-state index contributed by atoms with van der Waals surface area (Å²) in [7, 11) is 1.62. The van der Waals surface area contributed by atoms with Gasteiger partial charge in [0.2, 0.25) is 0 Å². The largest absolute Gasteiger partial charge is 0.338 e. The van der Waals surface area contributed by atoms with Crippen molar-refractivity contribution >= 4 is 5.91 Å². The van der Waals surface area contributed by atoms with Crippen molar-refractivity contribution in [3.63, 3.8) is 0 Å². The van der Waals surface area contributed by atoms with Gasteiger partial charge >= 0.3 is 0 Å². The van der Waals surface area contributed by atoms with Crippen LogP contribution in [0.15, 0.2) is 30.9 Å². The number of rotatable bonds is 3. The topological polar surface area (TPSA) is 20.3 Å². The first-order chi connectivity index (χ1) is 7.06. The van der Waals surface area contributed by atoms with Crippen LogP contribution < -0.4 is 0 Å². The highest BCUT2D eigenvalue weighted by Gasteiger charge is 2.14. The Kier molecular flexibility index (Phi) is 3.61. The first-order valence-electron chi connectivity index (χ1n) is 4.68. The number of halogens is 1. The van der Waals surface area contributed by atoms with Gasteiger partial charge in [-0.1, -0.05) is 17.7 Å². The zero-order valence-electron chi connectivity index (χ0n) is 8.96. The van der Waals surface area contributed by atoms with Crippen molar-refractivity contribution in [2.24, 2.45) is 0 Å². The monoisotopic (exact) mass is 207 g/mol. The summed E-state index contributed by atoms with van der Waals surface area (Å²) >= 11 is 0. The van der Waals surface area contributed by atoms with E-state index < -0.39 is 5.82 Å². The van der Waals surface area contributed by atoms with Gasteiger partial charge in [0.05, 0.1) is 5.56 Å². The number of carbonyl (C=O) groups is 1. The van der Waals surface area contributed by atoms with Gasteiger partial charge < -0.3 is 4.90 Å². The summed E-state index contributed by atoms with van der Waals surface area (Å²) in [5, 5.41) is 0. The van der Waals surface area contributed by atoms with Crippen LogP contribution in [0.2, 0.25) is 0 Å². The predicted molar refractivity (Wildman–Crippen MR) is 58.3 cm³/mol. The van der Waals surface area contributed by atoms with Crippen molar-refractivity contribution in [3.05, 3.63) is 47.8 Å². The fourth-order valence-corrected chi connectivity index (χ4v) is 1.29. The van der Waals surface area contributed by atoms with Crippen molar-refractivity contribution in [1.29, 1.82) is 0 Å². The molecular formula is C12H14FNO. The van der Waals surface area contributed by atoms with E-state index in [4.69, 9.17) is 0 Å². The first kappa shape index (κ1) is 11.4. The molecule has 1 aromatic rings. The molecule has 2 nitrogen and oxygen atoms in total. The van der Waals surface area contributed by atoms with E-state index in [1.54, 1.807) is 25.3 Å². The molecule has 0 aliphatic rings. The van der Waals surface area contributed by atoms with E-state index >= 15 is 0 Å². The second-order valence-corrected chi connectivity index (χ2v) is 3.46. The fourth-order valence-electron chi connectivity index (χ4n) is 1.29. The molecule has 0 radical (unpaired) electrons. The van der Waals surface area contributed by atoms with Crippen LogP contribution in [-0.2, 0) is 0 Å². The van der Waals surface area contributed by atoms with Gasteiger partial charge in [0.15, 0.2) is 0 Å². The highest BCUT2D eigenvalue weighted by atomic mass is 19.1. The Bertz CT molecular complexity index is 387. The molecule has 0 N–H and O–H groups in total. The average molecular weight is 207 g/mol. The number of nitrogens with zero attached hydrogens (tertiary/aromatic N) is 1. The van der Waals surface area contributed by atoms with Crippen LogP contribution in [0.4, 0.5) is 4.39 Å². The Morgan fingerprint density at radius 3 is 2.87 bits per heavy atom. The van der Waals surface area contributed by atoms with Gasteiger partial charge in [-0.3, -0.25) is 4.79 Å². The number of benzene rings is 1. The molecule has 0 aromatic heterocycles. The second-order valence-electron chi connectivity index (χ2n) is 3.46. The van der Waals surface area contributed by atoms with Gasteiger partial charge in [0.25, 0.3) is 5.91 Å². The molecule has 1 aromatic carbocycles. The van der Waals surface area contributed by atoms with E-state index in [2.05, 4.69) is 6.58 Å². The van der Waals surface area contributed by atoms with Crippen molar-refractivity contribution in [3.8, 4) is 0 Å². The molecule has 15 heavy (non-hydrogen) atoms. The molecule has 1 rings (SSSR count). The molecule has 0 bridgehead atoms. The van der Waals surface area contributed by atoms with E-state index in [1.807, 2.05) is 6.92 Å². The van der Waals surface area contributed by atoms with Gasteiger partial charge in [-0.15, -0.1) is 6.58 Å². The molecule has 1 amide bonds. The molecule has 0 saturated carbocycles. The fraction of sp³-hybridized carbons (Fsp3) is 0.250. The quantitative estimate of drug-likeness (QED) is 0.697. The van der Waals surface area contributed by atoms with E-state index in [0.717, 1.165) is 5.56 Å². The molecule has 0 spiro atoms. The third kappa shape index (κ3) is 2.65. The van der Waals surface area contributed by atoms with Gasteiger partial charge in [-0.25, -0.2) is 4.39 Å². The third-order valence-electron chi connectivity index (χ3n) is 2.10. The third-order valence-corrected chi connectivity index (χ3v) is 2.10. The molecule has 3 heteroatoms. The minimum atomic E-state index is -0.485. The Labute approximate surface area is 89.0 Å². The number of hydrogen-bond donors (Lipinski definition) is 0. The summed E-state index contributed by atoms with van der Waals surface area (Å²) in [6, 6.07) is 4.50. The lowest BCUT2D eigenvalue weighted by atomic mass is 10.1. The highest BCUT2D eigenvalue weighted by Crippen LogP contribution is 2.12. The summed E-state index contributed by atoms with van der Waals surface area (Å²) in [5.41, 5.74) is 0.978. The normalized spacial score (nSPS) is 9.80. The summed E-state index contributed by atoms with van der Waals surface area (Å²) in [5.74, 6) is -0.808.